The first kappa shape index (κ1) is 11.9. The predicted molar refractivity (Wildman–Crippen MR) is 51.1 cm³/mol. The van der Waals surface area contributed by atoms with Crippen molar-refractivity contribution >= 4 is 0 Å². The molecule has 12 heavy (non-hydrogen) atoms. The lowest BCUT2D eigenvalue weighted by molar-refractivity contribution is 0.0405. The van der Waals surface area contributed by atoms with Crippen LogP contribution in [0.1, 0.15) is 34.1 Å². The molecule has 1 N–H and O–H groups in total. The standard InChI is InChI=1S/C10H22O2/c1-8(2)5-6-12-7-9(3)10(4)11/h8-11H,5-7H2,1-4H3. The second-order valence-electron chi connectivity index (χ2n) is 3.98. The molecule has 0 spiro atoms. The van der Waals surface area contributed by atoms with Crippen LogP contribution in [0.25, 0.3) is 0 Å². The molecule has 0 radical (unpaired) electrons. The molecule has 0 rings (SSSR count). The lowest BCUT2D eigenvalue weighted by atomic mass is 10.1. The minimum absolute atomic E-state index is 0.247. The molecule has 0 saturated heterocycles. The number of hydrogen-bond acceptors (Lipinski definition) is 2. The molecule has 0 bridgehead atoms. The first-order chi connectivity index (χ1) is 5.54. The molecule has 2 heteroatoms. The lowest BCUT2D eigenvalue weighted by Crippen LogP contribution is -2.19. The summed E-state index contributed by atoms with van der Waals surface area (Å²) in [5.41, 5.74) is 0. The second kappa shape index (κ2) is 6.44. The van der Waals surface area contributed by atoms with Gasteiger partial charge in [-0.15, -0.1) is 0 Å². The second-order valence-corrected chi connectivity index (χ2v) is 3.98. The summed E-state index contributed by atoms with van der Waals surface area (Å²) in [5.74, 6) is 0.948. The summed E-state index contributed by atoms with van der Waals surface area (Å²) in [7, 11) is 0. The van der Waals surface area contributed by atoms with Crippen LogP contribution in [0.15, 0.2) is 0 Å². The Bertz CT molecular complexity index is 100. The molecule has 2 nitrogen and oxygen atoms in total. The van der Waals surface area contributed by atoms with Crippen LogP contribution in [-0.2, 0) is 4.74 Å². The lowest BCUT2D eigenvalue weighted by Gasteiger charge is -2.14. The summed E-state index contributed by atoms with van der Waals surface area (Å²) < 4.78 is 5.41. The fraction of sp³-hybridized carbons (Fsp3) is 1.00. The summed E-state index contributed by atoms with van der Waals surface area (Å²) >= 11 is 0. The van der Waals surface area contributed by atoms with E-state index in [1.807, 2.05) is 6.92 Å². The number of rotatable bonds is 6. The van der Waals surface area contributed by atoms with E-state index in [9.17, 15) is 0 Å². The van der Waals surface area contributed by atoms with Crippen LogP contribution >= 0.6 is 0 Å². The fourth-order valence-electron chi connectivity index (χ4n) is 0.728. The Hall–Kier alpha value is -0.0800. The maximum absolute atomic E-state index is 9.15. The van der Waals surface area contributed by atoms with Crippen LogP contribution in [0, 0.1) is 11.8 Å². The van der Waals surface area contributed by atoms with Gasteiger partial charge in [0, 0.05) is 12.5 Å². The van der Waals surface area contributed by atoms with Gasteiger partial charge in [-0.3, -0.25) is 0 Å². The Morgan fingerprint density at radius 2 is 1.75 bits per heavy atom. The zero-order valence-electron chi connectivity index (χ0n) is 8.71. The van der Waals surface area contributed by atoms with Gasteiger partial charge in [0.15, 0.2) is 0 Å². The number of hydrogen-bond donors (Lipinski definition) is 1. The molecule has 0 aliphatic rings. The van der Waals surface area contributed by atoms with Gasteiger partial charge in [-0.2, -0.15) is 0 Å². The molecule has 0 aliphatic carbocycles. The van der Waals surface area contributed by atoms with Crippen molar-refractivity contribution in [1.82, 2.24) is 0 Å². The summed E-state index contributed by atoms with van der Waals surface area (Å²) in [6, 6.07) is 0. The first-order valence-corrected chi connectivity index (χ1v) is 4.79. The van der Waals surface area contributed by atoms with Gasteiger partial charge >= 0.3 is 0 Å². The molecular formula is C10H22O2. The highest BCUT2D eigenvalue weighted by atomic mass is 16.5. The Morgan fingerprint density at radius 1 is 1.17 bits per heavy atom. The van der Waals surface area contributed by atoms with Crippen molar-refractivity contribution in [3.63, 3.8) is 0 Å². The van der Waals surface area contributed by atoms with E-state index in [1.165, 1.54) is 0 Å². The van der Waals surface area contributed by atoms with E-state index in [2.05, 4.69) is 13.8 Å². The molecule has 74 valence electrons. The van der Waals surface area contributed by atoms with Gasteiger partial charge in [0.05, 0.1) is 12.7 Å². The van der Waals surface area contributed by atoms with Gasteiger partial charge in [-0.25, -0.2) is 0 Å². The smallest absolute Gasteiger partial charge is 0.0559 e. The van der Waals surface area contributed by atoms with Crippen molar-refractivity contribution in [2.24, 2.45) is 11.8 Å². The highest BCUT2D eigenvalue weighted by Gasteiger charge is 2.08. The highest BCUT2D eigenvalue weighted by Crippen LogP contribution is 2.04. The van der Waals surface area contributed by atoms with Crippen LogP contribution < -0.4 is 0 Å². The van der Waals surface area contributed by atoms with Crippen LogP contribution in [0.2, 0.25) is 0 Å². The Morgan fingerprint density at radius 3 is 2.17 bits per heavy atom. The van der Waals surface area contributed by atoms with Crippen molar-refractivity contribution in [3.05, 3.63) is 0 Å². The van der Waals surface area contributed by atoms with E-state index < -0.39 is 0 Å². The number of aliphatic hydroxyl groups is 1. The molecule has 2 unspecified atom stereocenters. The maximum Gasteiger partial charge on any atom is 0.0559 e. The average Bonchev–Trinajstić information content (AvgIpc) is 1.97. The van der Waals surface area contributed by atoms with E-state index in [0.29, 0.717) is 12.5 Å². The van der Waals surface area contributed by atoms with E-state index in [-0.39, 0.29) is 12.0 Å². The highest BCUT2D eigenvalue weighted by molar-refractivity contribution is 4.57. The topological polar surface area (TPSA) is 29.5 Å². The number of ether oxygens (including phenoxy) is 1. The predicted octanol–water partition coefficient (Wildman–Crippen LogP) is 2.07. The summed E-state index contributed by atoms with van der Waals surface area (Å²) in [4.78, 5) is 0. The SMILES string of the molecule is CC(C)CCOCC(C)C(C)O. The first-order valence-electron chi connectivity index (χ1n) is 4.79. The molecule has 0 fully saturated rings. The monoisotopic (exact) mass is 174 g/mol. The zero-order chi connectivity index (χ0) is 9.56. The van der Waals surface area contributed by atoms with E-state index in [0.717, 1.165) is 13.0 Å². The van der Waals surface area contributed by atoms with Crippen molar-refractivity contribution in [2.45, 2.75) is 40.2 Å². The molecule has 0 aromatic rings. The van der Waals surface area contributed by atoms with Gasteiger partial charge in [0.25, 0.3) is 0 Å². The molecule has 0 heterocycles. The molecule has 0 aromatic carbocycles. The molecule has 0 amide bonds. The Balaban J connectivity index is 3.20. The Kier molecular flexibility index (Phi) is 6.39. The third-order valence-corrected chi connectivity index (χ3v) is 2.04. The minimum Gasteiger partial charge on any atom is -0.393 e. The van der Waals surface area contributed by atoms with Crippen molar-refractivity contribution in [3.8, 4) is 0 Å². The quantitative estimate of drug-likeness (QED) is 0.625. The van der Waals surface area contributed by atoms with E-state index in [4.69, 9.17) is 9.84 Å². The van der Waals surface area contributed by atoms with Crippen molar-refractivity contribution in [2.75, 3.05) is 13.2 Å². The van der Waals surface area contributed by atoms with Crippen LogP contribution in [0.3, 0.4) is 0 Å². The summed E-state index contributed by atoms with van der Waals surface area (Å²) in [6.45, 7) is 9.65. The van der Waals surface area contributed by atoms with Crippen LogP contribution in [-0.4, -0.2) is 24.4 Å². The zero-order valence-corrected chi connectivity index (χ0v) is 8.71. The molecule has 0 aromatic heterocycles. The van der Waals surface area contributed by atoms with Gasteiger partial charge in [-0.1, -0.05) is 20.8 Å². The van der Waals surface area contributed by atoms with Crippen LogP contribution in [0.5, 0.6) is 0 Å². The van der Waals surface area contributed by atoms with Gasteiger partial charge < -0.3 is 9.84 Å². The van der Waals surface area contributed by atoms with E-state index in [1.54, 1.807) is 6.92 Å². The van der Waals surface area contributed by atoms with Crippen LogP contribution in [0.4, 0.5) is 0 Å². The average molecular weight is 174 g/mol. The largest absolute Gasteiger partial charge is 0.393 e. The van der Waals surface area contributed by atoms with Gasteiger partial charge in [-0.05, 0) is 19.3 Å². The third kappa shape index (κ3) is 6.62. The van der Waals surface area contributed by atoms with E-state index >= 15 is 0 Å². The van der Waals surface area contributed by atoms with Gasteiger partial charge in [0.1, 0.15) is 0 Å². The van der Waals surface area contributed by atoms with Gasteiger partial charge in [0.2, 0.25) is 0 Å². The normalized spacial score (nSPS) is 16.5. The number of aliphatic hydroxyl groups excluding tert-OH is 1. The third-order valence-electron chi connectivity index (χ3n) is 2.04. The molecule has 0 aliphatic heterocycles. The molecular weight excluding hydrogens is 152 g/mol. The fourth-order valence-corrected chi connectivity index (χ4v) is 0.728. The molecule has 2 atom stereocenters. The van der Waals surface area contributed by atoms with Crippen molar-refractivity contribution < 1.29 is 9.84 Å². The maximum atomic E-state index is 9.15. The summed E-state index contributed by atoms with van der Waals surface area (Å²) in [5, 5.41) is 9.15. The van der Waals surface area contributed by atoms with Crippen molar-refractivity contribution in [1.29, 1.82) is 0 Å². The summed E-state index contributed by atoms with van der Waals surface area (Å²) in [6.07, 6.45) is 0.844. The minimum atomic E-state index is -0.260. The Labute approximate surface area is 75.9 Å². The molecule has 0 saturated carbocycles.